The summed E-state index contributed by atoms with van der Waals surface area (Å²) < 4.78 is 11.1. The fourth-order valence-corrected chi connectivity index (χ4v) is 3.20. The van der Waals surface area contributed by atoms with Crippen LogP contribution in [0.15, 0.2) is 30.5 Å². The highest BCUT2D eigenvalue weighted by Gasteiger charge is 2.36. The van der Waals surface area contributed by atoms with Crippen molar-refractivity contribution >= 4 is 5.69 Å². The van der Waals surface area contributed by atoms with Gasteiger partial charge in [0.1, 0.15) is 13.2 Å². The summed E-state index contributed by atoms with van der Waals surface area (Å²) in [6.07, 6.45) is 1.87. The SMILES string of the molecule is CC1(C)CN(Cc2ccc3c(n2)OCCO3)c2cccnc21. The van der Waals surface area contributed by atoms with Gasteiger partial charge >= 0.3 is 0 Å². The van der Waals surface area contributed by atoms with Gasteiger partial charge in [0.05, 0.1) is 23.6 Å². The van der Waals surface area contributed by atoms with E-state index < -0.39 is 0 Å². The van der Waals surface area contributed by atoms with Crippen LogP contribution in [0.5, 0.6) is 11.6 Å². The van der Waals surface area contributed by atoms with Gasteiger partial charge in [0.15, 0.2) is 5.75 Å². The van der Waals surface area contributed by atoms with Gasteiger partial charge in [-0.25, -0.2) is 4.98 Å². The molecule has 0 N–H and O–H groups in total. The van der Waals surface area contributed by atoms with Crippen molar-refractivity contribution < 1.29 is 9.47 Å². The van der Waals surface area contributed by atoms with Gasteiger partial charge in [-0.1, -0.05) is 13.8 Å². The number of pyridine rings is 2. The first-order chi connectivity index (χ1) is 10.6. The summed E-state index contributed by atoms with van der Waals surface area (Å²) in [5.74, 6) is 1.34. The standard InChI is InChI=1S/C17H19N3O2/c1-17(2)11-20(13-4-3-7-18-15(13)17)10-12-5-6-14-16(19-12)22-9-8-21-14/h3-7H,8-11H2,1-2H3. The Balaban J connectivity index is 1.62. The molecular weight excluding hydrogens is 278 g/mol. The molecule has 4 rings (SSSR count). The average Bonchev–Trinajstić information content (AvgIpc) is 2.79. The first-order valence-corrected chi connectivity index (χ1v) is 7.59. The number of nitrogens with zero attached hydrogens (tertiary/aromatic N) is 3. The molecule has 4 heterocycles. The predicted molar refractivity (Wildman–Crippen MR) is 83.5 cm³/mol. The Labute approximate surface area is 129 Å². The van der Waals surface area contributed by atoms with E-state index in [0.717, 1.165) is 30.2 Å². The summed E-state index contributed by atoms with van der Waals surface area (Å²) >= 11 is 0. The van der Waals surface area contributed by atoms with Crippen LogP contribution in [0.4, 0.5) is 5.69 Å². The van der Waals surface area contributed by atoms with E-state index in [0.29, 0.717) is 19.1 Å². The number of aromatic nitrogens is 2. The molecule has 114 valence electrons. The number of fused-ring (bicyclic) bond motifs is 2. The van der Waals surface area contributed by atoms with Gasteiger partial charge in [0.2, 0.25) is 0 Å². The third-order valence-electron chi connectivity index (χ3n) is 4.17. The number of ether oxygens (including phenoxy) is 2. The lowest BCUT2D eigenvalue weighted by molar-refractivity contribution is 0.164. The molecular formula is C17H19N3O2. The first-order valence-electron chi connectivity index (χ1n) is 7.59. The first kappa shape index (κ1) is 13.4. The Morgan fingerprint density at radius 2 is 2.05 bits per heavy atom. The summed E-state index contributed by atoms with van der Waals surface area (Å²) in [5.41, 5.74) is 3.40. The second kappa shape index (κ2) is 4.87. The number of rotatable bonds is 2. The van der Waals surface area contributed by atoms with Crippen LogP contribution in [-0.2, 0) is 12.0 Å². The fraction of sp³-hybridized carbons (Fsp3) is 0.412. The molecule has 0 bridgehead atoms. The molecule has 0 radical (unpaired) electrons. The maximum absolute atomic E-state index is 5.57. The average molecular weight is 297 g/mol. The normalized spacial score (nSPS) is 18.2. The van der Waals surface area contributed by atoms with Gasteiger partial charge in [-0.05, 0) is 24.3 Å². The summed E-state index contributed by atoms with van der Waals surface area (Å²) in [6, 6.07) is 8.08. The van der Waals surface area contributed by atoms with E-state index in [-0.39, 0.29) is 5.41 Å². The van der Waals surface area contributed by atoms with Crippen molar-refractivity contribution in [1.29, 1.82) is 0 Å². The van der Waals surface area contributed by atoms with Gasteiger partial charge in [0.25, 0.3) is 5.88 Å². The monoisotopic (exact) mass is 297 g/mol. The van der Waals surface area contributed by atoms with Gasteiger partial charge in [0, 0.05) is 18.2 Å². The summed E-state index contributed by atoms with van der Waals surface area (Å²) in [4.78, 5) is 11.5. The minimum atomic E-state index is 0.0599. The minimum absolute atomic E-state index is 0.0599. The molecule has 2 aliphatic rings. The van der Waals surface area contributed by atoms with Crippen LogP contribution in [0.1, 0.15) is 25.2 Å². The molecule has 0 unspecified atom stereocenters. The van der Waals surface area contributed by atoms with Crippen LogP contribution in [0, 0.1) is 0 Å². The maximum Gasteiger partial charge on any atom is 0.257 e. The molecule has 2 aliphatic heterocycles. The second-order valence-corrected chi connectivity index (χ2v) is 6.41. The topological polar surface area (TPSA) is 47.5 Å². The smallest absolute Gasteiger partial charge is 0.257 e. The number of hydrogen-bond acceptors (Lipinski definition) is 5. The van der Waals surface area contributed by atoms with Gasteiger partial charge in [-0.2, -0.15) is 0 Å². The summed E-state index contributed by atoms with van der Waals surface area (Å²) in [5, 5.41) is 0. The van der Waals surface area contributed by atoms with Crippen molar-refractivity contribution in [3.05, 3.63) is 41.9 Å². The van der Waals surface area contributed by atoms with Crippen LogP contribution in [-0.4, -0.2) is 29.7 Å². The Bertz CT molecular complexity index is 715. The second-order valence-electron chi connectivity index (χ2n) is 6.41. The summed E-state index contributed by atoms with van der Waals surface area (Å²) in [6.45, 7) is 7.31. The predicted octanol–water partition coefficient (Wildman–Crippen LogP) is 2.55. The zero-order valence-corrected chi connectivity index (χ0v) is 12.9. The minimum Gasteiger partial charge on any atom is -0.484 e. The largest absolute Gasteiger partial charge is 0.484 e. The lowest BCUT2D eigenvalue weighted by Gasteiger charge is -2.23. The van der Waals surface area contributed by atoms with E-state index in [2.05, 4.69) is 34.8 Å². The Hall–Kier alpha value is -2.30. The van der Waals surface area contributed by atoms with Crippen molar-refractivity contribution in [2.75, 3.05) is 24.7 Å². The van der Waals surface area contributed by atoms with Crippen LogP contribution >= 0.6 is 0 Å². The highest BCUT2D eigenvalue weighted by Crippen LogP contribution is 2.39. The van der Waals surface area contributed by atoms with Crippen LogP contribution in [0.3, 0.4) is 0 Å². The summed E-state index contributed by atoms with van der Waals surface area (Å²) in [7, 11) is 0. The quantitative estimate of drug-likeness (QED) is 0.852. The number of anilines is 1. The van der Waals surface area contributed by atoms with Crippen molar-refractivity contribution in [3.63, 3.8) is 0 Å². The fourth-order valence-electron chi connectivity index (χ4n) is 3.20. The molecule has 0 fully saturated rings. The molecule has 0 aliphatic carbocycles. The van der Waals surface area contributed by atoms with E-state index >= 15 is 0 Å². The molecule has 0 saturated heterocycles. The maximum atomic E-state index is 5.57. The third kappa shape index (κ3) is 2.17. The Kier molecular flexibility index (Phi) is 2.96. The lowest BCUT2D eigenvalue weighted by Crippen LogP contribution is -2.28. The van der Waals surface area contributed by atoms with Gasteiger partial charge in [-0.3, -0.25) is 4.98 Å². The third-order valence-corrected chi connectivity index (χ3v) is 4.17. The van der Waals surface area contributed by atoms with Crippen LogP contribution < -0.4 is 14.4 Å². The van der Waals surface area contributed by atoms with E-state index in [1.165, 1.54) is 5.69 Å². The molecule has 5 heteroatoms. The zero-order valence-electron chi connectivity index (χ0n) is 12.9. The van der Waals surface area contributed by atoms with Crippen LogP contribution in [0.25, 0.3) is 0 Å². The molecule has 0 amide bonds. The lowest BCUT2D eigenvalue weighted by atomic mass is 9.91. The van der Waals surface area contributed by atoms with E-state index in [9.17, 15) is 0 Å². The van der Waals surface area contributed by atoms with E-state index in [1.54, 1.807) is 0 Å². The Morgan fingerprint density at radius 1 is 1.18 bits per heavy atom. The van der Waals surface area contributed by atoms with E-state index in [1.807, 2.05) is 24.4 Å². The molecule has 2 aromatic rings. The van der Waals surface area contributed by atoms with Crippen molar-refractivity contribution in [3.8, 4) is 11.6 Å². The molecule has 0 aromatic carbocycles. The molecule has 0 atom stereocenters. The highest BCUT2D eigenvalue weighted by molar-refractivity contribution is 5.59. The van der Waals surface area contributed by atoms with Crippen LogP contribution in [0.2, 0.25) is 0 Å². The zero-order chi connectivity index (χ0) is 15.2. The molecule has 2 aromatic heterocycles. The molecule has 0 saturated carbocycles. The van der Waals surface area contributed by atoms with Gasteiger partial charge in [-0.15, -0.1) is 0 Å². The van der Waals surface area contributed by atoms with Crippen molar-refractivity contribution in [2.24, 2.45) is 0 Å². The van der Waals surface area contributed by atoms with Crippen molar-refractivity contribution in [2.45, 2.75) is 25.8 Å². The Morgan fingerprint density at radius 3 is 2.95 bits per heavy atom. The molecule has 0 spiro atoms. The van der Waals surface area contributed by atoms with Crippen molar-refractivity contribution in [1.82, 2.24) is 9.97 Å². The number of hydrogen-bond donors (Lipinski definition) is 0. The highest BCUT2D eigenvalue weighted by atomic mass is 16.6. The molecule has 22 heavy (non-hydrogen) atoms. The molecule has 5 nitrogen and oxygen atoms in total. The van der Waals surface area contributed by atoms with Gasteiger partial charge < -0.3 is 14.4 Å². The van der Waals surface area contributed by atoms with E-state index in [4.69, 9.17) is 9.47 Å².